The molecule has 0 aliphatic carbocycles. The van der Waals surface area contributed by atoms with E-state index in [1.165, 1.54) is 6.33 Å². The van der Waals surface area contributed by atoms with Crippen LogP contribution in [0.25, 0.3) is 11.0 Å². The van der Waals surface area contributed by atoms with Crippen molar-refractivity contribution in [1.82, 2.24) is 15.0 Å². The Morgan fingerprint density at radius 3 is 2.71 bits per heavy atom. The minimum atomic E-state index is 0.178. The summed E-state index contributed by atoms with van der Waals surface area (Å²) in [6.07, 6.45) is 4.59. The number of fused-ring (bicyclic) bond motifs is 1. The van der Waals surface area contributed by atoms with Crippen molar-refractivity contribution in [2.75, 3.05) is 0 Å². The molecule has 2 rings (SSSR count). The van der Waals surface area contributed by atoms with Crippen LogP contribution in [0.3, 0.4) is 0 Å². The standard InChI is InChI=1S/C11H15N3O.C2H6/c1-4-8(3)15-11-9-7(2)5-12-10(9)13-6-14-11;1-2/h5-6,8H,4H2,1-3H3,(H,12,13,14);1-2H3. The summed E-state index contributed by atoms with van der Waals surface area (Å²) in [6.45, 7) is 10.1. The molecule has 0 aliphatic heterocycles. The molecular formula is C13H21N3O. The average Bonchev–Trinajstić information content (AvgIpc) is 2.75. The SMILES string of the molecule is CC.CCC(C)Oc1ncnc2[nH]cc(C)c12. The zero-order valence-electron chi connectivity index (χ0n) is 11.2. The second-order valence-corrected chi connectivity index (χ2v) is 3.71. The van der Waals surface area contributed by atoms with E-state index in [-0.39, 0.29) is 6.10 Å². The lowest BCUT2D eigenvalue weighted by Gasteiger charge is -2.11. The Morgan fingerprint density at radius 1 is 1.35 bits per heavy atom. The van der Waals surface area contributed by atoms with Crippen LogP contribution in [0.1, 0.15) is 39.7 Å². The lowest BCUT2D eigenvalue weighted by molar-refractivity contribution is 0.211. The molecule has 4 heteroatoms. The van der Waals surface area contributed by atoms with E-state index in [1.807, 2.05) is 33.9 Å². The molecule has 1 unspecified atom stereocenters. The van der Waals surface area contributed by atoms with Crippen molar-refractivity contribution >= 4 is 11.0 Å². The number of nitrogens with one attached hydrogen (secondary N) is 1. The number of rotatable bonds is 3. The Kier molecular flexibility index (Phi) is 4.94. The Bertz CT molecular complexity index is 465. The molecule has 0 aromatic carbocycles. The number of H-pyrrole nitrogens is 1. The zero-order chi connectivity index (χ0) is 12.8. The van der Waals surface area contributed by atoms with Crippen LogP contribution < -0.4 is 4.74 Å². The van der Waals surface area contributed by atoms with Gasteiger partial charge in [-0.2, -0.15) is 0 Å². The van der Waals surface area contributed by atoms with Crippen LogP contribution in [0.2, 0.25) is 0 Å². The van der Waals surface area contributed by atoms with Crippen LogP contribution in [-0.4, -0.2) is 21.1 Å². The molecule has 17 heavy (non-hydrogen) atoms. The van der Waals surface area contributed by atoms with Crippen LogP contribution in [-0.2, 0) is 0 Å². The summed E-state index contributed by atoms with van der Waals surface area (Å²) in [6, 6.07) is 0. The van der Waals surface area contributed by atoms with Gasteiger partial charge in [0.05, 0.1) is 11.5 Å². The van der Waals surface area contributed by atoms with Gasteiger partial charge in [-0.25, -0.2) is 9.97 Å². The highest BCUT2D eigenvalue weighted by atomic mass is 16.5. The lowest BCUT2D eigenvalue weighted by atomic mass is 10.2. The Morgan fingerprint density at radius 2 is 2.06 bits per heavy atom. The summed E-state index contributed by atoms with van der Waals surface area (Å²) in [5.41, 5.74) is 1.95. The van der Waals surface area contributed by atoms with E-state index in [1.54, 1.807) is 0 Å². The first kappa shape index (κ1) is 13.5. The highest BCUT2D eigenvalue weighted by Crippen LogP contribution is 2.25. The van der Waals surface area contributed by atoms with Gasteiger partial charge in [-0.15, -0.1) is 0 Å². The van der Waals surface area contributed by atoms with Gasteiger partial charge in [0, 0.05) is 6.20 Å². The maximum atomic E-state index is 5.74. The molecule has 0 radical (unpaired) electrons. The van der Waals surface area contributed by atoms with Crippen LogP contribution in [0, 0.1) is 6.92 Å². The number of hydrogen-bond acceptors (Lipinski definition) is 3. The molecule has 94 valence electrons. The molecule has 1 atom stereocenters. The number of aromatic amines is 1. The van der Waals surface area contributed by atoms with Gasteiger partial charge in [0.25, 0.3) is 0 Å². The van der Waals surface area contributed by atoms with Crippen LogP contribution in [0.5, 0.6) is 5.88 Å². The summed E-state index contributed by atoms with van der Waals surface area (Å²) >= 11 is 0. The number of nitrogens with zero attached hydrogens (tertiary/aromatic N) is 2. The van der Waals surface area contributed by atoms with Gasteiger partial charge in [-0.05, 0) is 25.8 Å². The second kappa shape index (κ2) is 6.23. The predicted octanol–water partition coefficient (Wildman–Crippen LogP) is 3.47. The fraction of sp³-hybridized carbons (Fsp3) is 0.538. The molecule has 0 aliphatic rings. The van der Waals surface area contributed by atoms with Crippen molar-refractivity contribution in [2.45, 2.75) is 47.1 Å². The largest absolute Gasteiger partial charge is 0.474 e. The van der Waals surface area contributed by atoms with Crippen molar-refractivity contribution < 1.29 is 4.74 Å². The summed E-state index contributed by atoms with van der Waals surface area (Å²) in [5.74, 6) is 0.674. The highest BCUT2D eigenvalue weighted by molar-refractivity contribution is 5.84. The van der Waals surface area contributed by atoms with Gasteiger partial charge >= 0.3 is 0 Å². The first-order valence-electron chi connectivity index (χ1n) is 6.17. The molecule has 0 fully saturated rings. The smallest absolute Gasteiger partial charge is 0.226 e. The molecule has 0 amide bonds. The van der Waals surface area contributed by atoms with Gasteiger partial charge in [0.1, 0.15) is 12.0 Å². The van der Waals surface area contributed by atoms with Gasteiger partial charge < -0.3 is 9.72 Å². The first-order valence-corrected chi connectivity index (χ1v) is 6.17. The molecule has 0 spiro atoms. The van der Waals surface area contributed by atoms with E-state index >= 15 is 0 Å². The Hall–Kier alpha value is -1.58. The number of ether oxygens (including phenoxy) is 1. The fourth-order valence-electron chi connectivity index (χ4n) is 1.45. The van der Waals surface area contributed by atoms with Crippen LogP contribution in [0.4, 0.5) is 0 Å². The highest BCUT2D eigenvalue weighted by Gasteiger charge is 2.11. The summed E-state index contributed by atoms with van der Waals surface area (Å²) in [7, 11) is 0. The van der Waals surface area contributed by atoms with E-state index in [0.717, 1.165) is 23.0 Å². The topological polar surface area (TPSA) is 50.8 Å². The number of aryl methyl sites for hydroxylation is 1. The van der Waals surface area contributed by atoms with Crippen molar-refractivity contribution in [1.29, 1.82) is 0 Å². The van der Waals surface area contributed by atoms with E-state index < -0.39 is 0 Å². The quantitative estimate of drug-likeness (QED) is 0.886. The van der Waals surface area contributed by atoms with E-state index in [9.17, 15) is 0 Å². The maximum Gasteiger partial charge on any atom is 0.226 e. The summed E-state index contributed by atoms with van der Waals surface area (Å²) < 4.78 is 5.74. The minimum absolute atomic E-state index is 0.178. The van der Waals surface area contributed by atoms with Crippen molar-refractivity contribution in [3.8, 4) is 5.88 Å². The lowest BCUT2D eigenvalue weighted by Crippen LogP contribution is -2.11. The van der Waals surface area contributed by atoms with Crippen molar-refractivity contribution in [3.63, 3.8) is 0 Å². The molecule has 1 N–H and O–H groups in total. The second-order valence-electron chi connectivity index (χ2n) is 3.71. The van der Waals surface area contributed by atoms with Gasteiger partial charge in [-0.1, -0.05) is 20.8 Å². The molecule has 0 saturated heterocycles. The van der Waals surface area contributed by atoms with Crippen LogP contribution >= 0.6 is 0 Å². The van der Waals surface area contributed by atoms with Crippen molar-refractivity contribution in [3.05, 3.63) is 18.1 Å². The third-order valence-corrected chi connectivity index (χ3v) is 2.52. The molecule has 4 nitrogen and oxygen atoms in total. The third kappa shape index (κ3) is 2.96. The van der Waals surface area contributed by atoms with Gasteiger partial charge in [-0.3, -0.25) is 0 Å². The molecular weight excluding hydrogens is 214 g/mol. The van der Waals surface area contributed by atoms with Crippen LogP contribution in [0.15, 0.2) is 12.5 Å². The first-order chi connectivity index (χ1) is 8.22. The van der Waals surface area contributed by atoms with E-state index in [4.69, 9.17) is 4.74 Å². The summed E-state index contributed by atoms with van der Waals surface area (Å²) in [4.78, 5) is 11.4. The number of aromatic nitrogens is 3. The van der Waals surface area contributed by atoms with Gasteiger partial charge in [0.15, 0.2) is 0 Å². The molecule has 2 heterocycles. The van der Waals surface area contributed by atoms with Crippen molar-refractivity contribution in [2.24, 2.45) is 0 Å². The third-order valence-electron chi connectivity index (χ3n) is 2.52. The molecule has 2 aromatic rings. The molecule has 0 bridgehead atoms. The number of hydrogen-bond donors (Lipinski definition) is 1. The normalized spacial score (nSPS) is 11.8. The molecule has 2 aromatic heterocycles. The van der Waals surface area contributed by atoms with E-state index in [0.29, 0.717) is 5.88 Å². The average molecular weight is 235 g/mol. The van der Waals surface area contributed by atoms with E-state index in [2.05, 4.69) is 21.9 Å². The monoisotopic (exact) mass is 235 g/mol. The summed E-state index contributed by atoms with van der Waals surface area (Å²) in [5, 5.41) is 0.984. The Balaban J connectivity index is 0.000000686. The minimum Gasteiger partial charge on any atom is -0.474 e. The fourth-order valence-corrected chi connectivity index (χ4v) is 1.45. The predicted molar refractivity (Wildman–Crippen MR) is 70.4 cm³/mol. The maximum absolute atomic E-state index is 5.74. The molecule has 0 saturated carbocycles. The van der Waals surface area contributed by atoms with Gasteiger partial charge in [0.2, 0.25) is 5.88 Å². The Labute approximate surface area is 102 Å². The zero-order valence-corrected chi connectivity index (χ0v) is 11.2.